The zero-order valence-corrected chi connectivity index (χ0v) is 13.1. The monoisotopic (exact) mass is 292 g/mol. The van der Waals surface area contributed by atoms with E-state index < -0.39 is 0 Å². The number of aromatic nitrogens is 3. The molecule has 1 atom stereocenters. The maximum absolute atomic E-state index is 12.6. The van der Waals surface area contributed by atoms with E-state index in [-0.39, 0.29) is 11.9 Å². The summed E-state index contributed by atoms with van der Waals surface area (Å²) < 4.78 is 1.89. The summed E-state index contributed by atoms with van der Waals surface area (Å²) in [4.78, 5) is 19.5. The molecule has 0 fully saturated rings. The molecule has 0 aliphatic heterocycles. The maximum Gasteiger partial charge on any atom is 0.257 e. The molecule has 0 N–H and O–H groups in total. The molecule has 1 unspecified atom stereocenters. The van der Waals surface area contributed by atoms with Crippen LogP contribution in [0.15, 0.2) is 17.9 Å². The van der Waals surface area contributed by atoms with Crippen LogP contribution >= 0.6 is 11.3 Å². The first-order valence-electron chi connectivity index (χ1n) is 6.74. The average molecular weight is 292 g/mol. The Morgan fingerprint density at radius 2 is 2.25 bits per heavy atom. The van der Waals surface area contributed by atoms with Gasteiger partial charge in [0.05, 0.1) is 23.3 Å². The highest BCUT2D eigenvalue weighted by molar-refractivity contribution is 7.09. The maximum atomic E-state index is 12.6. The van der Waals surface area contributed by atoms with Crippen molar-refractivity contribution in [3.8, 4) is 0 Å². The summed E-state index contributed by atoms with van der Waals surface area (Å²) >= 11 is 1.56. The van der Waals surface area contributed by atoms with Crippen molar-refractivity contribution < 1.29 is 4.79 Å². The lowest BCUT2D eigenvalue weighted by molar-refractivity contribution is 0.0744. The van der Waals surface area contributed by atoms with Crippen LogP contribution in [0, 0.1) is 6.92 Å². The molecule has 1 amide bonds. The van der Waals surface area contributed by atoms with Crippen molar-refractivity contribution in [1.29, 1.82) is 0 Å². The number of nitrogens with zero attached hydrogens (tertiary/aromatic N) is 4. The lowest BCUT2D eigenvalue weighted by Crippen LogP contribution is -2.29. The van der Waals surface area contributed by atoms with E-state index in [9.17, 15) is 4.79 Å². The summed E-state index contributed by atoms with van der Waals surface area (Å²) in [5.74, 6) is 0.00533. The van der Waals surface area contributed by atoms with Crippen molar-refractivity contribution in [1.82, 2.24) is 19.7 Å². The minimum Gasteiger partial charge on any atom is -0.334 e. The van der Waals surface area contributed by atoms with Crippen LogP contribution in [0.5, 0.6) is 0 Å². The van der Waals surface area contributed by atoms with Crippen molar-refractivity contribution in [2.24, 2.45) is 0 Å². The van der Waals surface area contributed by atoms with Crippen LogP contribution in [0.4, 0.5) is 0 Å². The fourth-order valence-corrected chi connectivity index (χ4v) is 2.80. The van der Waals surface area contributed by atoms with Gasteiger partial charge in [-0.1, -0.05) is 6.92 Å². The van der Waals surface area contributed by atoms with Crippen LogP contribution in [-0.4, -0.2) is 32.6 Å². The number of rotatable bonds is 5. The molecule has 20 heavy (non-hydrogen) atoms. The normalized spacial score (nSPS) is 12.4. The Labute approximate surface area is 123 Å². The van der Waals surface area contributed by atoms with Crippen LogP contribution in [-0.2, 0) is 6.54 Å². The number of hydrogen-bond acceptors (Lipinski definition) is 4. The second kappa shape index (κ2) is 6.17. The van der Waals surface area contributed by atoms with Gasteiger partial charge in [0.2, 0.25) is 0 Å². The second-order valence-corrected chi connectivity index (χ2v) is 5.78. The first kappa shape index (κ1) is 14.7. The van der Waals surface area contributed by atoms with Crippen LogP contribution in [0.2, 0.25) is 0 Å². The summed E-state index contributed by atoms with van der Waals surface area (Å²) in [6, 6.07) is 0.0175. The highest BCUT2D eigenvalue weighted by Gasteiger charge is 2.23. The molecule has 0 spiro atoms. The summed E-state index contributed by atoms with van der Waals surface area (Å²) in [7, 11) is 1.82. The van der Waals surface area contributed by atoms with E-state index in [1.54, 1.807) is 27.9 Å². The predicted octanol–water partition coefficient (Wildman–Crippen LogP) is 2.89. The molecular formula is C14H20N4OS. The quantitative estimate of drug-likeness (QED) is 0.851. The Morgan fingerprint density at radius 1 is 1.50 bits per heavy atom. The fraction of sp³-hybridized carbons (Fsp3) is 0.500. The van der Waals surface area contributed by atoms with Crippen molar-refractivity contribution >= 4 is 17.2 Å². The van der Waals surface area contributed by atoms with Gasteiger partial charge in [0, 0.05) is 30.4 Å². The number of hydrogen-bond donors (Lipinski definition) is 0. The van der Waals surface area contributed by atoms with Gasteiger partial charge in [-0.3, -0.25) is 14.5 Å². The molecule has 5 nitrogen and oxygen atoms in total. The van der Waals surface area contributed by atoms with Crippen LogP contribution < -0.4 is 0 Å². The van der Waals surface area contributed by atoms with Gasteiger partial charge in [-0.15, -0.1) is 11.3 Å². The molecule has 0 bridgehead atoms. The third-order valence-corrected chi connectivity index (χ3v) is 4.48. The molecule has 2 aromatic rings. The van der Waals surface area contributed by atoms with E-state index in [1.165, 1.54) is 0 Å². The van der Waals surface area contributed by atoms with Gasteiger partial charge in [-0.25, -0.2) is 0 Å². The Morgan fingerprint density at radius 3 is 2.85 bits per heavy atom. The van der Waals surface area contributed by atoms with Gasteiger partial charge in [-0.2, -0.15) is 5.10 Å². The zero-order valence-electron chi connectivity index (χ0n) is 12.3. The molecule has 2 aromatic heterocycles. The standard InChI is InChI=1S/C14H20N4OS/c1-5-6-18-10(2)12(7-16-18)14(19)17(4)11(3)13-8-15-9-20-13/h7-9,11H,5-6H2,1-4H3. The van der Waals surface area contributed by atoms with Crippen LogP contribution in [0.25, 0.3) is 0 Å². The summed E-state index contributed by atoms with van der Waals surface area (Å²) in [6.07, 6.45) is 4.49. The van der Waals surface area contributed by atoms with Gasteiger partial charge in [-0.05, 0) is 20.3 Å². The van der Waals surface area contributed by atoms with E-state index in [2.05, 4.69) is 17.0 Å². The van der Waals surface area contributed by atoms with E-state index in [1.807, 2.05) is 31.8 Å². The lowest BCUT2D eigenvalue weighted by atomic mass is 10.2. The minimum absolute atomic E-state index is 0.00533. The molecular weight excluding hydrogens is 272 g/mol. The highest BCUT2D eigenvalue weighted by Crippen LogP contribution is 2.24. The smallest absolute Gasteiger partial charge is 0.257 e. The Balaban J connectivity index is 2.18. The number of carbonyl (C=O) groups excluding carboxylic acids is 1. The topological polar surface area (TPSA) is 51.0 Å². The average Bonchev–Trinajstić information content (AvgIpc) is 3.08. The molecule has 108 valence electrons. The van der Waals surface area contributed by atoms with Crippen molar-refractivity contribution in [2.45, 2.75) is 39.8 Å². The lowest BCUT2D eigenvalue weighted by Gasteiger charge is -2.23. The van der Waals surface area contributed by atoms with Crippen LogP contribution in [0.3, 0.4) is 0 Å². The molecule has 0 radical (unpaired) electrons. The highest BCUT2D eigenvalue weighted by atomic mass is 32.1. The second-order valence-electron chi connectivity index (χ2n) is 4.86. The minimum atomic E-state index is 0.00533. The number of aryl methyl sites for hydroxylation is 1. The summed E-state index contributed by atoms with van der Waals surface area (Å²) in [5, 5.41) is 4.29. The number of amides is 1. The van der Waals surface area contributed by atoms with E-state index >= 15 is 0 Å². The third-order valence-electron chi connectivity index (χ3n) is 3.53. The Kier molecular flexibility index (Phi) is 4.54. The van der Waals surface area contributed by atoms with E-state index in [0.717, 1.165) is 23.5 Å². The Hall–Kier alpha value is -1.69. The molecule has 0 aliphatic rings. The first-order chi connectivity index (χ1) is 9.56. The molecule has 0 aliphatic carbocycles. The summed E-state index contributed by atoms with van der Waals surface area (Å²) in [6.45, 7) is 6.89. The first-order valence-corrected chi connectivity index (χ1v) is 7.62. The van der Waals surface area contributed by atoms with Gasteiger partial charge in [0.1, 0.15) is 0 Å². The molecule has 0 aromatic carbocycles. The van der Waals surface area contributed by atoms with Crippen molar-refractivity contribution in [3.05, 3.63) is 34.0 Å². The van der Waals surface area contributed by atoms with E-state index in [0.29, 0.717) is 5.56 Å². The fourth-order valence-electron chi connectivity index (χ4n) is 2.08. The molecule has 0 saturated heterocycles. The van der Waals surface area contributed by atoms with Gasteiger partial charge in [0.25, 0.3) is 5.91 Å². The van der Waals surface area contributed by atoms with E-state index in [4.69, 9.17) is 0 Å². The molecule has 6 heteroatoms. The van der Waals surface area contributed by atoms with Crippen LogP contribution in [0.1, 0.15) is 47.2 Å². The predicted molar refractivity (Wildman–Crippen MR) is 79.9 cm³/mol. The third kappa shape index (κ3) is 2.75. The summed E-state index contributed by atoms with van der Waals surface area (Å²) in [5.41, 5.74) is 3.40. The molecule has 2 heterocycles. The number of thiazole rings is 1. The zero-order chi connectivity index (χ0) is 14.7. The number of carbonyl (C=O) groups is 1. The van der Waals surface area contributed by atoms with Crippen molar-refractivity contribution in [2.75, 3.05) is 7.05 Å². The molecule has 0 saturated carbocycles. The van der Waals surface area contributed by atoms with Gasteiger partial charge >= 0.3 is 0 Å². The largest absolute Gasteiger partial charge is 0.334 e. The SMILES string of the molecule is CCCn1ncc(C(=O)N(C)C(C)c2cncs2)c1C. The Bertz CT molecular complexity index is 576. The molecule has 2 rings (SSSR count). The van der Waals surface area contributed by atoms with Gasteiger partial charge in [0.15, 0.2) is 0 Å². The van der Waals surface area contributed by atoms with Gasteiger partial charge < -0.3 is 4.90 Å². The van der Waals surface area contributed by atoms with Crippen molar-refractivity contribution in [3.63, 3.8) is 0 Å².